The molecular weight excluding hydrogens is 471 g/mol. The molecule has 1 heterocycles. The highest BCUT2D eigenvalue weighted by atomic mass is 127. The van der Waals surface area contributed by atoms with Gasteiger partial charge in [0, 0.05) is 38.8 Å². The summed E-state index contributed by atoms with van der Waals surface area (Å²) in [7, 11) is 3.44. The molecule has 1 fully saturated rings. The first kappa shape index (κ1) is 24.8. The Kier molecular flexibility index (Phi) is 10.9. The minimum absolute atomic E-state index is 0. The fourth-order valence-corrected chi connectivity index (χ4v) is 3.08. The van der Waals surface area contributed by atoms with Gasteiger partial charge >= 0.3 is 0 Å². The van der Waals surface area contributed by atoms with Crippen molar-refractivity contribution in [3.05, 3.63) is 23.8 Å². The number of aliphatic imine (C=N–C) groups is 1. The highest BCUT2D eigenvalue weighted by Crippen LogP contribution is 2.27. The summed E-state index contributed by atoms with van der Waals surface area (Å²) in [6.45, 7) is 12.1. The van der Waals surface area contributed by atoms with Crippen molar-refractivity contribution in [2.75, 3.05) is 53.6 Å². The quantitative estimate of drug-likeness (QED) is 0.321. The first-order valence-corrected chi connectivity index (χ1v) is 9.57. The molecule has 28 heavy (non-hydrogen) atoms. The molecule has 0 spiro atoms. The number of nitrogens with one attached hydrogen (secondary N) is 2. The van der Waals surface area contributed by atoms with Crippen LogP contribution in [0.2, 0.25) is 0 Å². The number of halogens is 1. The molecule has 0 radical (unpaired) electrons. The maximum Gasteiger partial charge on any atom is 0.191 e. The van der Waals surface area contributed by atoms with Crippen molar-refractivity contribution in [2.24, 2.45) is 4.99 Å². The van der Waals surface area contributed by atoms with E-state index in [-0.39, 0.29) is 29.5 Å². The molecule has 160 valence electrons. The van der Waals surface area contributed by atoms with Crippen molar-refractivity contribution in [1.29, 1.82) is 0 Å². The van der Waals surface area contributed by atoms with Gasteiger partial charge in [0.2, 0.25) is 0 Å². The van der Waals surface area contributed by atoms with Crippen LogP contribution in [0.4, 0.5) is 0 Å². The number of nitrogens with zero attached hydrogens (tertiary/aromatic N) is 2. The predicted molar refractivity (Wildman–Crippen MR) is 124 cm³/mol. The molecule has 2 N–H and O–H groups in total. The molecule has 1 aromatic rings. The van der Waals surface area contributed by atoms with Gasteiger partial charge in [-0.3, -0.25) is 9.89 Å². The second-order valence-electron chi connectivity index (χ2n) is 7.11. The maximum absolute atomic E-state index is 5.57. The third kappa shape index (κ3) is 7.29. The molecule has 0 aliphatic carbocycles. The zero-order valence-corrected chi connectivity index (χ0v) is 20.0. The van der Waals surface area contributed by atoms with E-state index in [1.54, 1.807) is 14.2 Å². The van der Waals surface area contributed by atoms with Crippen LogP contribution in [0, 0.1) is 0 Å². The van der Waals surface area contributed by atoms with Crippen molar-refractivity contribution >= 4 is 29.9 Å². The molecule has 2 rings (SSSR count). The Morgan fingerprint density at radius 2 is 1.93 bits per heavy atom. The Labute approximate surface area is 186 Å². The molecule has 0 atom stereocenters. The Morgan fingerprint density at radius 1 is 1.21 bits per heavy atom. The van der Waals surface area contributed by atoms with E-state index in [1.165, 1.54) is 0 Å². The summed E-state index contributed by atoms with van der Waals surface area (Å²) in [4.78, 5) is 6.79. The molecule has 0 amide bonds. The van der Waals surface area contributed by atoms with Gasteiger partial charge in [0.25, 0.3) is 0 Å². The summed E-state index contributed by atoms with van der Waals surface area (Å²) in [6, 6.07) is 5.96. The van der Waals surface area contributed by atoms with Crippen LogP contribution >= 0.6 is 24.0 Å². The molecule has 1 saturated heterocycles. The molecule has 1 aliphatic rings. The molecule has 7 nitrogen and oxygen atoms in total. The summed E-state index contributed by atoms with van der Waals surface area (Å²) in [5.74, 6) is 2.29. The van der Waals surface area contributed by atoms with Gasteiger partial charge in [-0.05, 0) is 38.5 Å². The van der Waals surface area contributed by atoms with Crippen LogP contribution in [0.1, 0.15) is 26.3 Å². The summed E-state index contributed by atoms with van der Waals surface area (Å²) in [6.07, 6.45) is 0. The standard InChI is InChI=1S/C20H34N4O3.HI/c1-6-27-17-8-7-16(13-18(17)25-5)14-22-19(21-4)23-15-20(2,3)24-9-11-26-12-10-24;/h7-8,13H,6,9-12,14-15H2,1-5H3,(H2,21,22,23);1H. The van der Waals surface area contributed by atoms with E-state index < -0.39 is 0 Å². The highest BCUT2D eigenvalue weighted by molar-refractivity contribution is 14.0. The lowest BCUT2D eigenvalue weighted by Crippen LogP contribution is -2.56. The lowest BCUT2D eigenvalue weighted by atomic mass is 10.0. The van der Waals surface area contributed by atoms with Gasteiger partial charge in [0.05, 0.1) is 26.9 Å². The van der Waals surface area contributed by atoms with Crippen LogP contribution in [0.15, 0.2) is 23.2 Å². The summed E-state index contributed by atoms with van der Waals surface area (Å²) in [5, 5.41) is 6.80. The number of morpholine rings is 1. The Balaban J connectivity index is 0.00000392. The second-order valence-corrected chi connectivity index (χ2v) is 7.11. The molecule has 0 aromatic heterocycles. The van der Waals surface area contributed by atoms with Crippen LogP contribution < -0.4 is 20.1 Å². The third-order valence-electron chi connectivity index (χ3n) is 4.77. The Bertz CT molecular complexity index is 619. The largest absolute Gasteiger partial charge is 0.493 e. The molecular formula is C20H35IN4O3. The number of guanidine groups is 1. The minimum Gasteiger partial charge on any atom is -0.493 e. The van der Waals surface area contributed by atoms with Crippen molar-refractivity contribution in [3.63, 3.8) is 0 Å². The minimum atomic E-state index is 0. The van der Waals surface area contributed by atoms with Gasteiger partial charge in [-0.2, -0.15) is 0 Å². The van der Waals surface area contributed by atoms with E-state index in [9.17, 15) is 0 Å². The first-order valence-electron chi connectivity index (χ1n) is 9.57. The van der Waals surface area contributed by atoms with Gasteiger partial charge < -0.3 is 24.8 Å². The number of ether oxygens (including phenoxy) is 3. The number of benzene rings is 1. The molecule has 1 aliphatic heterocycles. The van der Waals surface area contributed by atoms with Gasteiger partial charge in [-0.25, -0.2) is 0 Å². The molecule has 0 saturated carbocycles. The number of methoxy groups -OCH3 is 1. The van der Waals surface area contributed by atoms with Crippen LogP contribution in [0.25, 0.3) is 0 Å². The fraction of sp³-hybridized carbons (Fsp3) is 0.650. The van der Waals surface area contributed by atoms with E-state index in [2.05, 4.69) is 34.4 Å². The first-order chi connectivity index (χ1) is 13.0. The SMILES string of the molecule is CCOc1ccc(CNC(=NC)NCC(C)(C)N2CCOCC2)cc1OC.I. The molecule has 0 bridgehead atoms. The Hall–Kier alpha value is -1.26. The highest BCUT2D eigenvalue weighted by Gasteiger charge is 2.28. The summed E-state index contributed by atoms with van der Waals surface area (Å²) < 4.78 is 16.4. The van der Waals surface area contributed by atoms with Gasteiger partial charge in [-0.15, -0.1) is 24.0 Å². The van der Waals surface area contributed by atoms with E-state index in [1.807, 2.05) is 25.1 Å². The van der Waals surface area contributed by atoms with Gasteiger partial charge in [0.1, 0.15) is 0 Å². The summed E-state index contributed by atoms with van der Waals surface area (Å²) >= 11 is 0. The van der Waals surface area contributed by atoms with Gasteiger partial charge in [0.15, 0.2) is 17.5 Å². The van der Waals surface area contributed by atoms with E-state index in [4.69, 9.17) is 14.2 Å². The molecule has 8 heteroatoms. The molecule has 0 unspecified atom stereocenters. The van der Waals surface area contributed by atoms with Crippen LogP contribution in [0.3, 0.4) is 0 Å². The number of hydrogen-bond acceptors (Lipinski definition) is 5. The molecule has 1 aromatic carbocycles. The zero-order valence-electron chi connectivity index (χ0n) is 17.7. The van der Waals surface area contributed by atoms with Gasteiger partial charge in [-0.1, -0.05) is 6.07 Å². The number of hydrogen-bond donors (Lipinski definition) is 2. The second kappa shape index (κ2) is 12.3. The topological polar surface area (TPSA) is 67.4 Å². The van der Waals surface area contributed by atoms with Crippen LogP contribution in [-0.2, 0) is 11.3 Å². The third-order valence-corrected chi connectivity index (χ3v) is 4.77. The van der Waals surface area contributed by atoms with Crippen LogP contribution in [-0.4, -0.2) is 70.0 Å². The van der Waals surface area contributed by atoms with Crippen molar-refractivity contribution in [1.82, 2.24) is 15.5 Å². The fourth-order valence-electron chi connectivity index (χ4n) is 3.08. The average Bonchev–Trinajstić information content (AvgIpc) is 2.69. The lowest BCUT2D eigenvalue weighted by molar-refractivity contribution is -0.00834. The van der Waals surface area contributed by atoms with Crippen LogP contribution in [0.5, 0.6) is 11.5 Å². The zero-order chi connectivity index (χ0) is 19.7. The van der Waals surface area contributed by atoms with E-state index in [0.717, 1.165) is 55.9 Å². The maximum atomic E-state index is 5.57. The summed E-state index contributed by atoms with van der Waals surface area (Å²) in [5.41, 5.74) is 1.13. The number of rotatable bonds is 8. The lowest BCUT2D eigenvalue weighted by Gasteiger charge is -2.41. The Morgan fingerprint density at radius 3 is 2.54 bits per heavy atom. The van der Waals surface area contributed by atoms with E-state index >= 15 is 0 Å². The van der Waals surface area contributed by atoms with E-state index in [0.29, 0.717) is 13.2 Å². The predicted octanol–water partition coefficient (Wildman–Crippen LogP) is 2.49. The average molecular weight is 506 g/mol. The smallest absolute Gasteiger partial charge is 0.191 e. The van der Waals surface area contributed by atoms with Crippen molar-refractivity contribution in [2.45, 2.75) is 32.9 Å². The van der Waals surface area contributed by atoms with Crippen molar-refractivity contribution in [3.8, 4) is 11.5 Å². The normalized spacial score (nSPS) is 15.5. The van der Waals surface area contributed by atoms with Crippen molar-refractivity contribution < 1.29 is 14.2 Å². The monoisotopic (exact) mass is 506 g/mol.